The Morgan fingerprint density at radius 3 is 2.68 bits per heavy atom. The maximum Gasteiger partial charge on any atom is 0.337 e. The number of H-pyrrole nitrogens is 1. The van der Waals surface area contributed by atoms with E-state index in [1.165, 1.54) is 6.07 Å². The number of benzene rings is 3. The molecule has 1 atom stereocenters. The van der Waals surface area contributed by atoms with Crippen molar-refractivity contribution in [1.82, 2.24) is 9.97 Å². The van der Waals surface area contributed by atoms with Gasteiger partial charge in [0.05, 0.1) is 28.0 Å². The predicted octanol–water partition coefficient (Wildman–Crippen LogP) is 5.82. The molecule has 0 bridgehead atoms. The fourth-order valence-corrected chi connectivity index (χ4v) is 4.30. The summed E-state index contributed by atoms with van der Waals surface area (Å²) >= 11 is 0. The quantitative estimate of drug-likeness (QED) is 0.309. The van der Waals surface area contributed by atoms with Gasteiger partial charge in [-0.25, -0.2) is 9.78 Å². The van der Waals surface area contributed by atoms with Crippen LogP contribution in [0.1, 0.15) is 40.3 Å². The number of carboxylic acid groups (broad SMARTS) is 1. The van der Waals surface area contributed by atoms with Crippen LogP contribution in [0.5, 0.6) is 0 Å². The van der Waals surface area contributed by atoms with E-state index < -0.39 is 5.97 Å². The van der Waals surface area contributed by atoms with Crippen LogP contribution >= 0.6 is 0 Å². The van der Waals surface area contributed by atoms with E-state index in [1.807, 2.05) is 51.1 Å². The number of nitrogens with one attached hydrogen (secondary N) is 2. The molecule has 5 aromatic rings. The van der Waals surface area contributed by atoms with Gasteiger partial charge in [-0.3, -0.25) is 4.79 Å². The van der Waals surface area contributed by atoms with Crippen LogP contribution < -0.4 is 10.7 Å². The van der Waals surface area contributed by atoms with Crippen molar-refractivity contribution in [3.8, 4) is 11.3 Å². The molecule has 0 aliphatic heterocycles. The highest BCUT2D eigenvalue weighted by atomic mass is 16.4. The van der Waals surface area contributed by atoms with E-state index >= 15 is 0 Å². The average Bonchev–Trinajstić information content (AvgIpc) is 3.18. The minimum absolute atomic E-state index is 0.139. The maximum absolute atomic E-state index is 13.1. The minimum atomic E-state index is -1.01. The molecule has 2 aromatic heterocycles. The zero-order chi connectivity index (χ0) is 24.0. The summed E-state index contributed by atoms with van der Waals surface area (Å²) in [6, 6.07) is 17.4. The molecule has 0 aliphatic carbocycles. The van der Waals surface area contributed by atoms with Crippen molar-refractivity contribution in [2.75, 3.05) is 5.32 Å². The Balaban J connectivity index is 1.64. The van der Waals surface area contributed by atoms with Crippen molar-refractivity contribution < 1.29 is 14.3 Å². The van der Waals surface area contributed by atoms with Gasteiger partial charge in [0.15, 0.2) is 5.43 Å². The molecule has 2 heterocycles. The molecule has 0 unspecified atom stereocenters. The Kier molecular flexibility index (Phi) is 5.17. The first-order chi connectivity index (χ1) is 16.3. The number of aryl methyl sites for hydroxylation is 2. The summed E-state index contributed by atoms with van der Waals surface area (Å²) in [6.45, 7) is 5.73. The Morgan fingerprint density at radius 1 is 1.09 bits per heavy atom. The van der Waals surface area contributed by atoms with Crippen LogP contribution in [0.4, 0.5) is 5.69 Å². The van der Waals surface area contributed by atoms with Crippen LogP contribution in [0.2, 0.25) is 0 Å². The highest BCUT2D eigenvalue weighted by molar-refractivity contribution is 5.94. The number of para-hydroxylation sites is 1. The summed E-state index contributed by atoms with van der Waals surface area (Å²) in [5, 5.41) is 13.3. The fraction of sp³-hybridized carbons (Fsp3) is 0.148. The van der Waals surface area contributed by atoms with Crippen molar-refractivity contribution in [3.05, 3.63) is 93.4 Å². The first-order valence-corrected chi connectivity index (χ1v) is 10.9. The number of rotatable bonds is 5. The number of aromatic carboxylic acids is 1. The van der Waals surface area contributed by atoms with Crippen LogP contribution in [-0.2, 0) is 0 Å². The average molecular weight is 453 g/mol. The molecule has 3 N–H and O–H groups in total. The number of aromatic amines is 1. The van der Waals surface area contributed by atoms with Gasteiger partial charge in [0.1, 0.15) is 17.2 Å². The number of aromatic nitrogens is 2. The van der Waals surface area contributed by atoms with Gasteiger partial charge < -0.3 is 19.8 Å². The molecule has 0 fully saturated rings. The number of imidazole rings is 1. The molecule has 5 rings (SSSR count). The maximum atomic E-state index is 13.1. The van der Waals surface area contributed by atoms with E-state index in [-0.39, 0.29) is 17.0 Å². The van der Waals surface area contributed by atoms with Crippen molar-refractivity contribution in [1.29, 1.82) is 0 Å². The van der Waals surface area contributed by atoms with Gasteiger partial charge in [-0.15, -0.1) is 0 Å². The summed E-state index contributed by atoms with van der Waals surface area (Å²) in [5.41, 5.74) is 5.16. The smallest absolute Gasteiger partial charge is 0.337 e. The summed E-state index contributed by atoms with van der Waals surface area (Å²) in [6.07, 6.45) is 0. The number of anilines is 1. The number of fused-ring (bicyclic) bond motifs is 2. The van der Waals surface area contributed by atoms with E-state index in [0.29, 0.717) is 22.4 Å². The summed E-state index contributed by atoms with van der Waals surface area (Å²) < 4.78 is 6.32. The summed E-state index contributed by atoms with van der Waals surface area (Å²) in [4.78, 5) is 32.4. The molecule has 0 radical (unpaired) electrons. The van der Waals surface area contributed by atoms with Gasteiger partial charge in [0, 0.05) is 22.9 Å². The van der Waals surface area contributed by atoms with Gasteiger partial charge in [-0.1, -0.05) is 18.2 Å². The number of carbonyl (C=O) groups is 1. The van der Waals surface area contributed by atoms with Crippen LogP contribution in [0.15, 0.2) is 69.9 Å². The van der Waals surface area contributed by atoms with Crippen molar-refractivity contribution in [2.45, 2.75) is 26.8 Å². The molecule has 0 spiro atoms. The first-order valence-electron chi connectivity index (χ1n) is 10.9. The number of hydrogen-bond donors (Lipinski definition) is 3. The zero-order valence-corrected chi connectivity index (χ0v) is 19.0. The predicted molar refractivity (Wildman–Crippen MR) is 132 cm³/mol. The molecular formula is C27H23N3O4. The highest BCUT2D eigenvalue weighted by Crippen LogP contribution is 2.32. The van der Waals surface area contributed by atoms with E-state index in [4.69, 9.17) is 4.42 Å². The summed E-state index contributed by atoms with van der Waals surface area (Å²) in [7, 11) is 0. The molecule has 170 valence electrons. The van der Waals surface area contributed by atoms with E-state index in [1.54, 1.807) is 24.3 Å². The second-order valence-electron chi connectivity index (χ2n) is 8.48. The van der Waals surface area contributed by atoms with E-state index in [0.717, 1.165) is 33.5 Å². The Bertz CT molecular complexity index is 1630. The van der Waals surface area contributed by atoms with Gasteiger partial charge >= 0.3 is 5.97 Å². The van der Waals surface area contributed by atoms with Crippen molar-refractivity contribution in [3.63, 3.8) is 0 Å². The largest absolute Gasteiger partial charge is 0.478 e. The Hall–Kier alpha value is -4.39. The third-order valence-electron chi connectivity index (χ3n) is 5.88. The molecule has 3 aromatic carbocycles. The highest BCUT2D eigenvalue weighted by Gasteiger charge is 2.18. The van der Waals surface area contributed by atoms with Crippen LogP contribution in [-0.4, -0.2) is 21.0 Å². The van der Waals surface area contributed by atoms with Crippen molar-refractivity contribution >= 4 is 33.7 Å². The van der Waals surface area contributed by atoms with Gasteiger partial charge in [0.2, 0.25) is 0 Å². The van der Waals surface area contributed by atoms with E-state index in [9.17, 15) is 14.7 Å². The Labute approximate surface area is 195 Å². The van der Waals surface area contributed by atoms with Crippen molar-refractivity contribution in [2.24, 2.45) is 0 Å². The van der Waals surface area contributed by atoms with Gasteiger partial charge in [-0.2, -0.15) is 0 Å². The lowest BCUT2D eigenvalue weighted by Gasteiger charge is -2.19. The van der Waals surface area contributed by atoms with Crippen LogP contribution in [0.25, 0.3) is 33.3 Å². The second kappa shape index (κ2) is 8.19. The molecule has 7 heteroatoms. The third kappa shape index (κ3) is 3.81. The standard InChI is InChI=1S/C27H23N3O4/c1-14-10-19(15(2)28-21-7-5-4-6-18(21)27(32)33)26-20(11-14)24(31)13-25(34-26)17-8-9-22-23(12-17)30-16(3)29-22/h4-13,15,28H,1-3H3,(H,29,30)(H,32,33)/t15-/m1/s1. The third-order valence-corrected chi connectivity index (χ3v) is 5.88. The van der Waals surface area contributed by atoms with Crippen LogP contribution in [0.3, 0.4) is 0 Å². The SMILES string of the molecule is Cc1cc([C@@H](C)Nc2ccccc2C(=O)O)c2oc(-c3ccc4nc(C)[nH]c4c3)cc(=O)c2c1. The minimum Gasteiger partial charge on any atom is -0.478 e. The van der Waals surface area contributed by atoms with Crippen LogP contribution in [0, 0.1) is 13.8 Å². The fourth-order valence-electron chi connectivity index (χ4n) is 4.30. The molecule has 7 nitrogen and oxygen atoms in total. The molecule has 34 heavy (non-hydrogen) atoms. The lowest BCUT2D eigenvalue weighted by atomic mass is 10.00. The molecule has 0 saturated carbocycles. The Morgan fingerprint density at radius 2 is 1.88 bits per heavy atom. The lowest BCUT2D eigenvalue weighted by molar-refractivity contribution is 0.0698. The molecular weight excluding hydrogens is 430 g/mol. The second-order valence-corrected chi connectivity index (χ2v) is 8.48. The number of hydrogen-bond acceptors (Lipinski definition) is 5. The number of carboxylic acids is 1. The normalized spacial score (nSPS) is 12.2. The van der Waals surface area contributed by atoms with E-state index in [2.05, 4.69) is 15.3 Å². The first kappa shape index (κ1) is 21.5. The molecule has 0 aliphatic rings. The van der Waals surface area contributed by atoms with Gasteiger partial charge in [0.25, 0.3) is 0 Å². The molecule has 0 saturated heterocycles. The molecule has 0 amide bonds. The van der Waals surface area contributed by atoms with Gasteiger partial charge in [-0.05, 0) is 62.7 Å². The lowest BCUT2D eigenvalue weighted by Crippen LogP contribution is -2.12. The number of nitrogens with zero attached hydrogens (tertiary/aromatic N) is 1. The monoisotopic (exact) mass is 453 g/mol. The summed E-state index contributed by atoms with van der Waals surface area (Å²) in [5.74, 6) is 0.254. The zero-order valence-electron chi connectivity index (χ0n) is 19.0. The topological polar surface area (TPSA) is 108 Å².